The van der Waals surface area contributed by atoms with Crippen LogP contribution in [-0.4, -0.2) is 65.8 Å². The molecule has 3 heterocycles. The number of benzene rings is 2. The van der Waals surface area contributed by atoms with Crippen LogP contribution in [0, 0.1) is 23.7 Å². The van der Waals surface area contributed by atoms with Crippen LogP contribution in [0.1, 0.15) is 56.7 Å². The topological polar surface area (TPSA) is 45.3 Å². The summed E-state index contributed by atoms with van der Waals surface area (Å²) in [7, 11) is 0. The molecule has 2 aromatic rings. The van der Waals surface area contributed by atoms with Crippen LogP contribution in [0.5, 0.6) is 0 Å². The molecule has 37 heavy (non-hydrogen) atoms. The number of carbonyl (C=O) groups is 1. The van der Waals surface area contributed by atoms with Crippen LogP contribution < -0.4 is 0 Å². The number of hydrogen-bond acceptors (Lipinski definition) is 5. The van der Waals surface area contributed by atoms with E-state index in [9.17, 15) is 4.79 Å². The summed E-state index contributed by atoms with van der Waals surface area (Å²) < 4.78 is 12.8. The molecule has 5 fully saturated rings. The third-order valence-electron chi connectivity index (χ3n) is 10.5. The van der Waals surface area contributed by atoms with E-state index in [1.807, 2.05) is 0 Å². The molecule has 3 aliphatic heterocycles. The van der Waals surface area contributed by atoms with E-state index in [1.54, 1.807) is 0 Å². The highest BCUT2D eigenvalue weighted by atomic mass is 16.7. The molecule has 2 saturated carbocycles. The molecule has 7 unspecified atom stereocenters. The Morgan fingerprint density at radius 2 is 1.54 bits per heavy atom. The summed E-state index contributed by atoms with van der Waals surface area (Å²) in [5.74, 6) is 1.38. The van der Waals surface area contributed by atoms with Gasteiger partial charge in [0.1, 0.15) is 11.7 Å². The van der Waals surface area contributed by atoms with Crippen molar-refractivity contribution in [1.29, 1.82) is 0 Å². The summed E-state index contributed by atoms with van der Waals surface area (Å²) in [5, 5.41) is 0. The molecule has 196 valence electrons. The number of carbonyl (C=O) groups excluding carboxylic acids is 1. The van der Waals surface area contributed by atoms with Crippen LogP contribution in [0.25, 0.3) is 0 Å². The fourth-order valence-corrected chi connectivity index (χ4v) is 8.63. The van der Waals surface area contributed by atoms with Gasteiger partial charge >= 0.3 is 5.97 Å². The van der Waals surface area contributed by atoms with Gasteiger partial charge in [0.05, 0.1) is 17.6 Å². The number of nitrogens with zero attached hydrogens (tertiary/aromatic N) is 2. The lowest BCUT2D eigenvalue weighted by Crippen LogP contribution is -2.58. The van der Waals surface area contributed by atoms with Gasteiger partial charge < -0.3 is 9.47 Å². The second-order valence-electron chi connectivity index (χ2n) is 12.6. The average molecular weight is 501 g/mol. The van der Waals surface area contributed by atoms with Crippen molar-refractivity contribution >= 4 is 5.97 Å². The van der Waals surface area contributed by atoms with Gasteiger partial charge in [-0.15, -0.1) is 0 Å². The van der Waals surface area contributed by atoms with Crippen molar-refractivity contribution in [3.8, 4) is 0 Å². The summed E-state index contributed by atoms with van der Waals surface area (Å²) in [6, 6.07) is 22.0. The molecule has 2 aromatic carbocycles. The lowest BCUT2D eigenvalue weighted by molar-refractivity contribution is -0.168. The molecule has 2 aliphatic carbocycles. The lowest BCUT2D eigenvalue weighted by atomic mass is 9.55. The van der Waals surface area contributed by atoms with Gasteiger partial charge in [-0.25, -0.2) is 0 Å². The SMILES string of the molecule is CC1CCC2C(CN3CCN(C(c4ccccc4)c4ccccc4)CC3)C(=O)OC23C1CCC1(C)OC13. The zero-order valence-electron chi connectivity index (χ0n) is 22.2. The van der Waals surface area contributed by atoms with Crippen LogP contribution >= 0.6 is 0 Å². The number of rotatable bonds is 5. The van der Waals surface area contributed by atoms with E-state index in [-0.39, 0.29) is 35.2 Å². The number of ether oxygens (including phenoxy) is 2. The Balaban J connectivity index is 1.07. The van der Waals surface area contributed by atoms with Crippen molar-refractivity contribution in [1.82, 2.24) is 9.80 Å². The first kappa shape index (κ1) is 23.9. The maximum absolute atomic E-state index is 13.5. The van der Waals surface area contributed by atoms with Gasteiger partial charge in [-0.05, 0) is 49.7 Å². The Hall–Kier alpha value is -2.21. The molecule has 0 amide bonds. The molecule has 0 N–H and O–H groups in total. The molecule has 7 rings (SSSR count). The number of esters is 1. The Labute approximate surface area is 221 Å². The maximum atomic E-state index is 13.5. The third-order valence-corrected chi connectivity index (χ3v) is 10.5. The zero-order valence-corrected chi connectivity index (χ0v) is 22.2. The van der Waals surface area contributed by atoms with Gasteiger partial charge in [0.25, 0.3) is 0 Å². The van der Waals surface area contributed by atoms with Crippen molar-refractivity contribution in [3.63, 3.8) is 0 Å². The van der Waals surface area contributed by atoms with Crippen LogP contribution in [0.15, 0.2) is 60.7 Å². The summed E-state index contributed by atoms with van der Waals surface area (Å²) in [5.41, 5.74) is 2.24. The molecule has 0 radical (unpaired) electrons. The summed E-state index contributed by atoms with van der Waals surface area (Å²) in [6.45, 7) is 9.38. The summed E-state index contributed by atoms with van der Waals surface area (Å²) in [6.07, 6.45) is 4.64. The molecule has 5 heteroatoms. The highest BCUT2D eigenvalue weighted by molar-refractivity contribution is 5.77. The van der Waals surface area contributed by atoms with Gasteiger partial charge in [-0.2, -0.15) is 0 Å². The van der Waals surface area contributed by atoms with Gasteiger partial charge in [0, 0.05) is 44.6 Å². The summed E-state index contributed by atoms with van der Waals surface area (Å²) in [4.78, 5) is 18.6. The monoisotopic (exact) mass is 500 g/mol. The van der Waals surface area contributed by atoms with Gasteiger partial charge in [-0.3, -0.25) is 14.6 Å². The highest BCUT2D eigenvalue weighted by Crippen LogP contribution is 2.66. The number of fused-ring (bicyclic) bond motifs is 1. The Morgan fingerprint density at radius 3 is 2.19 bits per heavy atom. The van der Waals surface area contributed by atoms with Crippen LogP contribution in [0.3, 0.4) is 0 Å². The molecule has 3 saturated heterocycles. The zero-order chi connectivity index (χ0) is 25.2. The van der Waals surface area contributed by atoms with E-state index >= 15 is 0 Å². The van der Waals surface area contributed by atoms with Crippen LogP contribution in [-0.2, 0) is 14.3 Å². The molecular weight excluding hydrogens is 460 g/mol. The average Bonchev–Trinajstić information content (AvgIpc) is 3.55. The predicted molar refractivity (Wildman–Crippen MR) is 143 cm³/mol. The minimum Gasteiger partial charge on any atom is -0.455 e. The Bertz CT molecular complexity index is 1090. The van der Waals surface area contributed by atoms with E-state index < -0.39 is 0 Å². The first-order valence-corrected chi connectivity index (χ1v) is 14.5. The second kappa shape index (κ2) is 8.93. The van der Waals surface area contributed by atoms with E-state index in [0.29, 0.717) is 17.8 Å². The first-order chi connectivity index (χ1) is 18.0. The summed E-state index contributed by atoms with van der Waals surface area (Å²) >= 11 is 0. The number of piperazine rings is 1. The van der Waals surface area contributed by atoms with Crippen molar-refractivity contribution in [3.05, 3.63) is 71.8 Å². The maximum Gasteiger partial charge on any atom is 0.311 e. The van der Waals surface area contributed by atoms with Gasteiger partial charge in [-0.1, -0.05) is 67.6 Å². The normalized spacial score (nSPS) is 39.5. The van der Waals surface area contributed by atoms with Gasteiger partial charge in [0.15, 0.2) is 0 Å². The molecule has 7 atom stereocenters. The lowest BCUT2D eigenvalue weighted by Gasteiger charge is -2.50. The highest BCUT2D eigenvalue weighted by Gasteiger charge is 2.77. The molecule has 5 nitrogen and oxygen atoms in total. The molecule has 5 aliphatic rings. The molecule has 0 bridgehead atoms. The van der Waals surface area contributed by atoms with E-state index in [2.05, 4.69) is 84.3 Å². The van der Waals surface area contributed by atoms with Crippen LogP contribution in [0.2, 0.25) is 0 Å². The standard InChI is InChI=1S/C32H40N2O3/c1-22-13-14-27-25(29(35)36-32(27)26(22)15-16-31(2)30(32)37-31)21-33-17-19-34(20-18-33)28(23-9-5-3-6-10-23)24-11-7-4-8-12-24/h3-12,22,25-28,30H,13-21H2,1-2H3. The smallest absolute Gasteiger partial charge is 0.311 e. The molecule has 0 aromatic heterocycles. The van der Waals surface area contributed by atoms with E-state index in [0.717, 1.165) is 52.0 Å². The van der Waals surface area contributed by atoms with E-state index in [4.69, 9.17) is 9.47 Å². The van der Waals surface area contributed by atoms with Gasteiger partial charge in [0.2, 0.25) is 0 Å². The second-order valence-corrected chi connectivity index (χ2v) is 12.6. The quantitative estimate of drug-likeness (QED) is 0.431. The van der Waals surface area contributed by atoms with Crippen molar-refractivity contribution in [2.24, 2.45) is 23.7 Å². The Morgan fingerprint density at radius 1 is 0.892 bits per heavy atom. The molecule has 1 spiro atoms. The number of epoxide rings is 1. The third kappa shape index (κ3) is 3.80. The fraction of sp³-hybridized carbons (Fsp3) is 0.594. The van der Waals surface area contributed by atoms with Crippen LogP contribution in [0.4, 0.5) is 0 Å². The fourth-order valence-electron chi connectivity index (χ4n) is 8.63. The molecular formula is C32H40N2O3. The minimum atomic E-state index is -0.375. The predicted octanol–water partition coefficient (Wildman–Crippen LogP) is 4.92. The van der Waals surface area contributed by atoms with Crippen molar-refractivity contribution in [2.75, 3.05) is 32.7 Å². The first-order valence-electron chi connectivity index (χ1n) is 14.5. The Kier molecular flexibility index (Phi) is 5.76. The largest absolute Gasteiger partial charge is 0.455 e. The number of hydrogen-bond donors (Lipinski definition) is 0. The van der Waals surface area contributed by atoms with Crippen molar-refractivity contribution < 1.29 is 14.3 Å². The van der Waals surface area contributed by atoms with Crippen molar-refractivity contribution in [2.45, 2.75) is 62.9 Å². The minimum absolute atomic E-state index is 0.0212. The van der Waals surface area contributed by atoms with E-state index in [1.165, 1.54) is 17.5 Å².